The minimum atomic E-state index is 0.0764. The Labute approximate surface area is 195 Å². The van der Waals surface area contributed by atoms with E-state index in [0.717, 1.165) is 39.0 Å². The highest BCUT2D eigenvalue weighted by Gasteiger charge is 2.24. The molecule has 32 heavy (non-hydrogen) atoms. The number of hydrogen-bond donors (Lipinski definition) is 0. The van der Waals surface area contributed by atoms with Crippen LogP contribution in [0.1, 0.15) is 5.56 Å². The summed E-state index contributed by atoms with van der Waals surface area (Å²) >= 11 is 3.21. The van der Waals surface area contributed by atoms with E-state index in [0.29, 0.717) is 17.5 Å². The van der Waals surface area contributed by atoms with Crippen molar-refractivity contribution in [2.45, 2.75) is 17.0 Å². The molecule has 2 aromatic carbocycles. The number of carbonyl (C=O) groups is 1. The molecule has 0 spiro atoms. The van der Waals surface area contributed by atoms with E-state index in [9.17, 15) is 4.79 Å². The minimum Gasteiger partial charge on any atom is -0.310 e. The predicted molar refractivity (Wildman–Crippen MR) is 130 cm³/mol. The first-order chi connectivity index (χ1) is 15.7. The molecule has 0 fully saturated rings. The molecule has 6 nitrogen and oxygen atoms in total. The van der Waals surface area contributed by atoms with E-state index < -0.39 is 0 Å². The molecule has 1 amide bonds. The number of benzene rings is 2. The molecule has 1 aliphatic heterocycles. The number of thioether (sulfide) groups is 2. The van der Waals surface area contributed by atoms with Crippen molar-refractivity contribution in [2.75, 3.05) is 23.0 Å². The molecule has 160 valence electrons. The lowest BCUT2D eigenvalue weighted by molar-refractivity contribution is -0.116. The smallest absolute Gasteiger partial charge is 0.237 e. The Morgan fingerprint density at radius 2 is 1.75 bits per heavy atom. The van der Waals surface area contributed by atoms with Crippen molar-refractivity contribution >= 4 is 35.1 Å². The summed E-state index contributed by atoms with van der Waals surface area (Å²) in [7, 11) is 0. The number of nitrogens with zero attached hydrogens (tertiary/aromatic N) is 5. The van der Waals surface area contributed by atoms with Gasteiger partial charge in [0.05, 0.1) is 17.1 Å². The fraction of sp³-hybridized carbons (Fsp3) is 0.167. The van der Waals surface area contributed by atoms with Gasteiger partial charge in [-0.15, -0.1) is 22.0 Å². The van der Waals surface area contributed by atoms with Crippen LogP contribution in [-0.2, 0) is 4.79 Å². The lowest BCUT2D eigenvalue weighted by Crippen LogP contribution is -2.36. The van der Waals surface area contributed by atoms with Crippen LogP contribution in [0.3, 0.4) is 0 Å². The van der Waals surface area contributed by atoms with Gasteiger partial charge in [0.1, 0.15) is 0 Å². The monoisotopic (exact) mass is 459 g/mol. The zero-order chi connectivity index (χ0) is 21.9. The molecule has 2 aromatic heterocycles. The minimum absolute atomic E-state index is 0.0764. The summed E-state index contributed by atoms with van der Waals surface area (Å²) in [5, 5.41) is 9.61. The maximum Gasteiger partial charge on any atom is 0.237 e. The average molecular weight is 460 g/mol. The number of amides is 1. The Morgan fingerprint density at radius 3 is 2.56 bits per heavy atom. The van der Waals surface area contributed by atoms with Gasteiger partial charge in [-0.25, -0.2) is 0 Å². The molecule has 1 aliphatic rings. The van der Waals surface area contributed by atoms with Gasteiger partial charge in [0.2, 0.25) is 5.91 Å². The molecule has 3 heterocycles. The summed E-state index contributed by atoms with van der Waals surface area (Å²) < 4.78 is 2.03. The van der Waals surface area contributed by atoms with Gasteiger partial charge in [0.25, 0.3) is 0 Å². The number of pyridine rings is 1. The Balaban J connectivity index is 1.45. The Kier molecular flexibility index (Phi) is 5.96. The molecule has 0 unspecified atom stereocenters. The molecule has 0 atom stereocenters. The van der Waals surface area contributed by atoms with Crippen molar-refractivity contribution in [3.05, 3.63) is 78.6 Å². The van der Waals surface area contributed by atoms with E-state index in [4.69, 9.17) is 0 Å². The first kappa shape index (κ1) is 20.8. The topological polar surface area (TPSA) is 63.9 Å². The second-order valence-electron chi connectivity index (χ2n) is 7.31. The molecule has 5 rings (SSSR count). The highest BCUT2D eigenvalue weighted by atomic mass is 32.2. The van der Waals surface area contributed by atoms with Gasteiger partial charge >= 0.3 is 0 Å². The number of carbonyl (C=O) groups excluding carboxylic acids is 1. The van der Waals surface area contributed by atoms with Crippen LogP contribution in [0.15, 0.2) is 83.1 Å². The van der Waals surface area contributed by atoms with E-state index in [1.54, 1.807) is 24.2 Å². The first-order valence-electron chi connectivity index (χ1n) is 10.3. The van der Waals surface area contributed by atoms with Crippen LogP contribution in [-0.4, -0.2) is 43.7 Å². The van der Waals surface area contributed by atoms with Crippen LogP contribution in [0.4, 0.5) is 5.69 Å². The second-order valence-corrected chi connectivity index (χ2v) is 9.39. The van der Waals surface area contributed by atoms with Crippen LogP contribution in [0, 0.1) is 6.92 Å². The summed E-state index contributed by atoms with van der Waals surface area (Å²) in [4.78, 5) is 20.3. The van der Waals surface area contributed by atoms with Gasteiger partial charge in [-0.05, 0) is 42.8 Å². The third-order valence-electron chi connectivity index (χ3n) is 5.28. The van der Waals surface area contributed by atoms with Crippen LogP contribution >= 0.6 is 23.5 Å². The molecule has 4 aromatic rings. The van der Waals surface area contributed by atoms with E-state index in [1.807, 2.05) is 58.0 Å². The highest BCUT2D eigenvalue weighted by Crippen LogP contribution is 2.35. The van der Waals surface area contributed by atoms with Crippen molar-refractivity contribution in [1.29, 1.82) is 0 Å². The van der Waals surface area contributed by atoms with Crippen LogP contribution in [0.2, 0.25) is 0 Å². The van der Waals surface area contributed by atoms with Gasteiger partial charge in [-0.3, -0.25) is 14.3 Å². The Hall–Kier alpha value is -3.10. The molecular formula is C24H21N5OS2. The van der Waals surface area contributed by atoms with E-state index in [1.165, 1.54) is 11.8 Å². The van der Waals surface area contributed by atoms with E-state index in [-0.39, 0.29) is 5.91 Å². The lowest BCUT2D eigenvalue weighted by Gasteiger charge is -2.28. The molecule has 0 saturated heterocycles. The lowest BCUT2D eigenvalue weighted by atomic mass is 10.2. The van der Waals surface area contributed by atoms with Crippen LogP contribution < -0.4 is 4.90 Å². The third-order valence-corrected chi connectivity index (χ3v) is 7.24. The molecule has 0 saturated carbocycles. The zero-order valence-electron chi connectivity index (χ0n) is 17.5. The summed E-state index contributed by atoms with van der Waals surface area (Å²) in [6.07, 6.45) is 3.49. The fourth-order valence-corrected chi connectivity index (χ4v) is 5.53. The van der Waals surface area contributed by atoms with Gasteiger partial charge in [-0.2, -0.15) is 0 Å². The van der Waals surface area contributed by atoms with Crippen molar-refractivity contribution in [3.8, 4) is 17.1 Å². The van der Waals surface area contributed by atoms with Crippen LogP contribution in [0.25, 0.3) is 17.1 Å². The maximum atomic E-state index is 13.2. The van der Waals surface area contributed by atoms with Crippen molar-refractivity contribution < 1.29 is 4.79 Å². The van der Waals surface area contributed by atoms with Gasteiger partial charge in [0.15, 0.2) is 11.0 Å². The SMILES string of the molecule is Cc1ccccc1-n1c(SCC(=O)N2CCSc3ccccc32)nnc1-c1ccncc1. The van der Waals surface area contributed by atoms with Crippen molar-refractivity contribution in [3.63, 3.8) is 0 Å². The fourth-order valence-electron chi connectivity index (χ4n) is 3.72. The molecule has 8 heteroatoms. The number of rotatable bonds is 5. The van der Waals surface area contributed by atoms with Gasteiger partial charge < -0.3 is 4.90 Å². The van der Waals surface area contributed by atoms with E-state index in [2.05, 4.69) is 34.2 Å². The summed E-state index contributed by atoms with van der Waals surface area (Å²) in [5.41, 5.74) is 4.03. The van der Waals surface area contributed by atoms with Gasteiger partial charge in [-0.1, -0.05) is 42.1 Å². The normalized spacial score (nSPS) is 13.1. The Morgan fingerprint density at radius 1 is 1.00 bits per heavy atom. The number of aromatic nitrogens is 4. The molecular weight excluding hydrogens is 438 g/mol. The summed E-state index contributed by atoms with van der Waals surface area (Å²) in [6.45, 7) is 2.78. The van der Waals surface area contributed by atoms with Crippen molar-refractivity contribution in [1.82, 2.24) is 19.7 Å². The van der Waals surface area contributed by atoms with E-state index >= 15 is 0 Å². The number of fused-ring (bicyclic) bond motifs is 1. The number of hydrogen-bond acceptors (Lipinski definition) is 6. The number of para-hydroxylation sites is 2. The number of aryl methyl sites for hydroxylation is 1. The van der Waals surface area contributed by atoms with Crippen molar-refractivity contribution in [2.24, 2.45) is 0 Å². The predicted octanol–water partition coefficient (Wildman–Crippen LogP) is 4.87. The average Bonchev–Trinajstić information content (AvgIpc) is 3.26. The third kappa shape index (κ3) is 4.03. The summed E-state index contributed by atoms with van der Waals surface area (Å²) in [6, 6.07) is 20.0. The van der Waals surface area contributed by atoms with Gasteiger partial charge in [0, 0.05) is 35.2 Å². The highest BCUT2D eigenvalue weighted by molar-refractivity contribution is 8.00. The maximum absolute atomic E-state index is 13.2. The molecule has 0 N–H and O–H groups in total. The summed E-state index contributed by atoms with van der Waals surface area (Å²) in [5.74, 6) is 2.00. The molecule has 0 radical (unpaired) electrons. The molecule has 0 aliphatic carbocycles. The Bertz CT molecular complexity index is 1260. The number of anilines is 1. The second kappa shape index (κ2) is 9.18. The molecule has 0 bridgehead atoms. The largest absolute Gasteiger partial charge is 0.310 e. The zero-order valence-corrected chi connectivity index (χ0v) is 19.1. The first-order valence-corrected chi connectivity index (χ1v) is 12.3. The quantitative estimate of drug-likeness (QED) is 0.397. The van der Waals surface area contributed by atoms with Crippen LogP contribution in [0.5, 0.6) is 0 Å². The standard InChI is InChI=1S/C24H21N5OS2/c1-17-6-2-3-7-19(17)29-23(18-10-12-25-13-11-18)26-27-24(29)32-16-22(30)28-14-15-31-21-9-5-4-8-20(21)28/h2-13H,14-16H2,1H3.